The lowest BCUT2D eigenvalue weighted by Gasteiger charge is -2.42. The molecule has 0 radical (unpaired) electrons. The Morgan fingerprint density at radius 2 is 1.78 bits per heavy atom. The SMILES string of the molecule is Cc1nn(C)c2ncc(CN3CCN(C[C@@H](O)C[C@@H](Cc4ccccc4)C(=O)N[C@H]4c5ccccc5C[C@H]4O)[C@H](C(=O)NC(C)(C)C)C3)cc12. The molecule has 2 aliphatic rings. The highest BCUT2D eigenvalue weighted by Crippen LogP contribution is 2.32. The maximum absolute atomic E-state index is 13.9. The quantitative estimate of drug-likeness (QED) is 0.190. The zero-order chi connectivity index (χ0) is 35.6. The molecule has 2 amide bonds. The molecule has 1 aliphatic heterocycles. The minimum absolute atomic E-state index is 0.0847. The number of aromatic nitrogens is 3. The summed E-state index contributed by atoms with van der Waals surface area (Å²) in [7, 11) is 1.89. The molecule has 0 spiro atoms. The third kappa shape index (κ3) is 8.40. The van der Waals surface area contributed by atoms with Crippen LogP contribution in [0.4, 0.5) is 0 Å². The number of benzene rings is 2. The largest absolute Gasteiger partial charge is 0.392 e. The van der Waals surface area contributed by atoms with Crippen molar-refractivity contribution in [3.8, 4) is 0 Å². The Morgan fingerprint density at radius 1 is 1.04 bits per heavy atom. The first-order valence-corrected chi connectivity index (χ1v) is 17.7. The molecule has 4 aromatic rings. The van der Waals surface area contributed by atoms with Crippen molar-refractivity contribution in [2.45, 2.75) is 83.3 Å². The first-order chi connectivity index (χ1) is 23.8. The van der Waals surface area contributed by atoms with Crippen LogP contribution in [-0.2, 0) is 36.0 Å². The Labute approximate surface area is 294 Å². The number of nitrogens with one attached hydrogen (secondary N) is 2. The number of nitrogens with zero attached hydrogens (tertiary/aromatic N) is 5. The summed E-state index contributed by atoms with van der Waals surface area (Å²) in [5.41, 5.74) is 5.38. The minimum atomic E-state index is -0.855. The normalized spacial score (nSPS) is 21.1. The smallest absolute Gasteiger partial charge is 0.239 e. The number of aryl methyl sites for hydroxylation is 2. The fraction of sp³-hybridized carbons (Fsp3) is 0.487. The van der Waals surface area contributed by atoms with E-state index < -0.39 is 35.7 Å². The molecule has 11 nitrogen and oxygen atoms in total. The van der Waals surface area contributed by atoms with E-state index in [1.54, 1.807) is 4.68 Å². The Balaban J connectivity index is 1.16. The number of fused-ring (bicyclic) bond motifs is 2. The summed E-state index contributed by atoms with van der Waals surface area (Å²) in [6.45, 7) is 10.6. The van der Waals surface area contributed by atoms with Gasteiger partial charge in [-0.15, -0.1) is 0 Å². The zero-order valence-corrected chi connectivity index (χ0v) is 29.8. The maximum Gasteiger partial charge on any atom is 0.239 e. The highest BCUT2D eigenvalue weighted by atomic mass is 16.3. The Bertz CT molecular complexity index is 1800. The second-order valence-corrected chi connectivity index (χ2v) is 15.1. The molecule has 1 fully saturated rings. The zero-order valence-electron chi connectivity index (χ0n) is 29.8. The molecule has 2 aromatic heterocycles. The molecule has 0 bridgehead atoms. The van der Waals surface area contributed by atoms with Crippen LogP contribution in [0.5, 0.6) is 0 Å². The predicted molar refractivity (Wildman–Crippen MR) is 193 cm³/mol. The van der Waals surface area contributed by atoms with E-state index in [0.29, 0.717) is 39.0 Å². The van der Waals surface area contributed by atoms with Gasteiger partial charge in [-0.25, -0.2) is 4.98 Å². The van der Waals surface area contributed by atoms with E-state index in [4.69, 9.17) is 0 Å². The van der Waals surface area contributed by atoms with Gasteiger partial charge in [0.1, 0.15) is 6.04 Å². The van der Waals surface area contributed by atoms with Crippen molar-refractivity contribution in [3.05, 3.63) is 94.8 Å². The summed E-state index contributed by atoms with van der Waals surface area (Å²) in [6.07, 6.45) is 1.48. The fourth-order valence-electron chi connectivity index (χ4n) is 7.51. The monoisotopic (exact) mass is 681 g/mol. The summed E-state index contributed by atoms with van der Waals surface area (Å²) in [6, 6.07) is 18.8. The molecular weight excluding hydrogens is 630 g/mol. The molecule has 5 atom stereocenters. The summed E-state index contributed by atoms with van der Waals surface area (Å²) >= 11 is 0. The van der Waals surface area contributed by atoms with Crippen molar-refractivity contribution >= 4 is 22.8 Å². The fourth-order valence-corrected chi connectivity index (χ4v) is 7.51. The average molecular weight is 682 g/mol. The number of hydrogen-bond acceptors (Lipinski definition) is 8. The maximum atomic E-state index is 13.9. The van der Waals surface area contributed by atoms with E-state index in [-0.39, 0.29) is 24.8 Å². The Morgan fingerprint density at radius 3 is 2.54 bits per heavy atom. The molecular formula is C39H51N7O4. The van der Waals surface area contributed by atoms with Crippen molar-refractivity contribution in [2.75, 3.05) is 26.2 Å². The van der Waals surface area contributed by atoms with Crippen LogP contribution in [0.25, 0.3) is 11.0 Å². The molecule has 0 unspecified atom stereocenters. The van der Waals surface area contributed by atoms with E-state index in [9.17, 15) is 19.8 Å². The van der Waals surface area contributed by atoms with Crippen LogP contribution < -0.4 is 10.6 Å². The third-order valence-corrected chi connectivity index (χ3v) is 9.90. The molecule has 3 heterocycles. The van der Waals surface area contributed by atoms with Gasteiger partial charge < -0.3 is 20.8 Å². The van der Waals surface area contributed by atoms with Crippen LogP contribution >= 0.6 is 0 Å². The van der Waals surface area contributed by atoms with Gasteiger partial charge in [0, 0.05) is 69.2 Å². The van der Waals surface area contributed by atoms with Crippen LogP contribution in [0.2, 0.25) is 0 Å². The number of rotatable bonds is 11. The molecule has 50 heavy (non-hydrogen) atoms. The minimum Gasteiger partial charge on any atom is -0.392 e. The second-order valence-electron chi connectivity index (χ2n) is 15.1. The molecule has 1 saturated heterocycles. The van der Waals surface area contributed by atoms with Crippen molar-refractivity contribution in [3.63, 3.8) is 0 Å². The number of amides is 2. The number of carbonyl (C=O) groups is 2. The van der Waals surface area contributed by atoms with E-state index in [1.165, 1.54) is 0 Å². The number of hydrogen-bond donors (Lipinski definition) is 4. The molecule has 4 N–H and O–H groups in total. The highest BCUT2D eigenvalue weighted by Gasteiger charge is 2.37. The van der Waals surface area contributed by atoms with E-state index in [0.717, 1.165) is 39.0 Å². The molecule has 0 saturated carbocycles. The van der Waals surface area contributed by atoms with Gasteiger partial charge in [0.05, 0.1) is 23.9 Å². The van der Waals surface area contributed by atoms with Crippen LogP contribution in [0, 0.1) is 12.8 Å². The summed E-state index contributed by atoms with van der Waals surface area (Å²) in [4.78, 5) is 36.6. The number of aliphatic hydroxyl groups excluding tert-OH is 2. The van der Waals surface area contributed by atoms with E-state index in [2.05, 4.69) is 36.6 Å². The first-order valence-electron chi connectivity index (χ1n) is 17.7. The number of β-amino-alcohol motifs (C(OH)–C–C–N with tert-alkyl or cyclic N) is 1. The Kier molecular flexibility index (Phi) is 10.7. The van der Waals surface area contributed by atoms with E-state index in [1.807, 2.05) is 95.5 Å². The van der Waals surface area contributed by atoms with Crippen LogP contribution in [0.3, 0.4) is 0 Å². The van der Waals surface area contributed by atoms with Crippen LogP contribution in [-0.4, -0.2) is 96.6 Å². The molecule has 2 aromatic carbocycles. The van der Waals surface area contributed by atoms with Gasteiger partial charge in [-0.05, 0) is 68.9 Å². The van der Waals surface area contributed by atoms with Gasteiger partial charge in [-0.3, -0.25) is 24.1 Å². The number of aliphatic hydroxyl groups is 2. The number of pyridine rings is 1. The topological polar surface area (TPSA) is 136 Å². The lowest BCUT2D eigenvalue weighted by molar-refractivity contribution is -0.132. The third-order valence-electron chi connectivity index (χ3n) is 9.90. The van der Waals surface area contributed by atoms with Gasteiger partial charge in [0.15, 0.2) is 5.65 Å². The number of piperazine rings is 1. The van der Waals surface area contributed by atoms with E-state index >= 15 is 0 Å². The van der Waals surface area contributed by atoms with Gasteiger partial charge in [0.2, 0.25) is 11.8 Å². The summed E-state index contributed by atoms with van der Waals surface area (Å²) in [5, 5.41) is 34.2. The lowest BCUT2D eigenvalue weighted by Crippen LogP contribution is -2.61. The molecule has 6 rings (SSSR count). The van der Waals surface area contributed by atoms with Crippen molar-refractivity contribution in [1.29, 1.82) is 0 Å². The van der Waals surface area contributed by atoms with Crippen LogP contribution in [0.1, 0.15) is 61.2 Å². The number of carbonyl (C=O) groups excluding carboxylic acids is 2. The van der Waals surface area contributed by atoms with Gasteiger partial charge in [0.25, 0.3) is 0 Å². The second kappa shape index (κ2) is 15.0. The average Bonchev–Trinajstić information content (AvgIpc) is 3.54. The van der Waals surface area contributed by atoms with Gasteiger partial charge in [-0.2, -0.15) is 5.10 Å². The Hall–Kier alpha value is -4.16. The molecule has 11 heteroatoms. The molecule has 1 aliphatic carbocycles. The highest BCUT2D eigenvalue weighted by molar-refractivity contribution is 5.83. The first kappa shape index (κ1) is 35.7. The van der Waals surface area contributed by atoms with Crippen molar-refractivity contribution < 1.29 is 19.8 Å². The molecule has 266 valence electrons. The summed E-state index contributed by atoms with van der Waals surface area (Å²) in [5.74, 6) is -0.817. The van der Waals surface area contributed by atoms with Crippen LogP contribution in [0.15, 0.2) is 66.9 Å². The van der Waals surface area contributed by atoms with Crippen molar-refractivity contribution in [2.24, 2.45) is 13.0 Å². The van der Waals surface area contributed by atoms with Crippen molar-refractivity contribution in [1.82, 2.24) is 35.2 Å². The lowest BCUT2D eigenvalue weighted by atomic mass is 9.91. The summed E-state index contributed by atoms with van der Waals surface area (Å²) < 4.78 is 1.79. The standard InChI is InChI=1S/C39H51N7O4/c1-25-32-18-27(21-40-36(32)44(5)43-25)22-45-15-16-46(33(24-45)38(50)42-39(2,3)4)23-30(47)19-29(17-26-11-7-6-8-12-26)37(49)41-35-31-14-10-9-13-28(31)20-34(35)48/h6-14,18,21,29-30,33-35,47-48H,15-17,19-20,22-24H2,1-5H3,(H,41,49)(H,42,50)/t29-,30+,33+,34-,35+/m1/s1. The predicted octanol–water partition coefficient (Wildman–Crippen LogP) is 3.06. The van der Waals surface area contributed by atoms with Gasteiger partial charge in [-0.1, -0.05) is 54.6 Å². The van der Waals surface area contributed by atoms with Gasteiger partial charge >= 0.3 is 0 Å².